The number of benzene rings is 1. The summed E-state index contributed by atoms with van der Waals surface area (Å²) in [4.78, 5) is 18.6. The van der Waals surface area contributed by atoms with Crippen LogP contribution in [0.15, 0.2) is 61.1 Å². The highest BCUT2D eigenvalue weighted by atomic mass is 16.2. The number of nitrogens with one attached hydrogen (secondary N) is 1. The molecule has 1 aliphatic rings. The summed E-state index contributed by atoms with van der Waals surface area (Å²) in [5, 5.41) is 11.7. The number of urea groups is 1. The Morgan fingerprint density at radius 3 is 2.64 bits per heavy atom. The van der Waals surface area contributed by atoms with Crippen LogP contribution in [0.25, 0.3) is 11.3 Å². The molecule has 1 saturated heterocycles. The van der Waals surface area contributed by atoms with Crippen LogP contribution in [0.2, 0.25) is 0 Å². The molecule has 3 heterocycles. The largest absolute Gasteiger partial charge is 0.331 e. The Labute approximate surface area is 164 Å². The van der Waals surface area contributed by atoms with E-state index in [0.717, 1.165) is 29.7 Å². The molecule has 2 amide bonds. The third kappa shape index (κ3) is 4.03. The van der Waals surface area contributed by atoms with E-state index in [9.17, 15) is 4.79 Å². The Hall–Kier alpha value is -3.22. The molecule has 4 rings (SSSR count). The van der Waals surface area contributed by atoms with E-state index in [1.807, 2.05) is 65.2 Å². The zero-order valence-corrected chi connectivity index (χ0v) is 15.9. The van der Waals surface area contributed by atoms with Crippen LogP contribution in [0, 0.1) is 0 Å². The van der Waals surface area contributed by atoms with Crippen molar-refractivity contribution >= 4 is 6.03 Å². The Morgan fingerprint density at radius 1 is 1.14 bits per heavy atom. The fourth-order valence-electron chi connectivity index (χ4n) is 3.54. The second-order valence-corrected chi connectivity index (χ2v) is 7.13. The summed E-state index contributed by atoms with van der Waals surface area (Å²) in [6, 6.07) is 14.1. The number of hydrogen-bond donors (Lipinski definition) is 1. The van der Waals surface area contributed by atoms with Gasteiger partial charge in [0.25, 0.3) is 0 Å². The van der Waals surface area contributed by atoms with Crippen molar-refractivity contribution in [2.75, 3.05) is 13.1 Å². The topological polar surface area (TPSA) is 75.9 Å². The zero-order valence-electron chi connectivity index (χ0n) is 15.9. The average Bonchev–Trinajstić information content (AvgIpc) is 3.25. The van der Waals surface area contributed by atoms with Crippen LogP contribution >= 0.6 is 0 Å². The van der Waals surface area contributed by atoms with Gasteiger partial charge in [-0.1, -0.05) is 35.5 Å². The molecule has 7 heteroatoms. The predicted octanol–water partition coefficient (Wildman–Crippen LogP) is 3.45. The van der Waals surface area contributed by atoms with Crippen molar-refractivity contribution < 1.29 is 4.79 Å². The molecule has 0 unspecified atom stereocenters. The second kappa shape index (κ2) is 8.21. The molecule has 1 N–H and O–H groups in total. The minimum absolute atomic E-state index is 0.00978. The fourth-order valence-corrected chi connectivity index (χ4v) is 3.54. The van der Waals surface area contributed by atoms with E-state index in [2.05, 4.69) is 20.6 Å². The van der Waals surface area contributed by atoms with Crippen LogP contribution in [-0.4, -0.2) is 44.0 Å². The minimum atomic E-state index is -0.0104. The standard InChI is InChI=1S/C21H24N6O/c1-16(17-6-3-2-4-7-17)23-21(28)26-12-9-19(10-13-26)27-15-20(24-25-27)18-8-5-11-22-14-18/h2-8,11,14-16,19H,9-10,12-13H2,1H3,(H,23,28)/t16-/m1/s1. The highest BCUT2D eigenvalue weighted by Gasteiger charge is 2.25. The van der Waals surface area contributed by atoms with Crippen molar-refractivity contribution in [2.24, 2.45) is 0 Å². The highest BCUT2D eigenvalue weighted by Crippen LogP contribution is 2.24. The van der Waals surface area contributed by atoms with E-state index in [1.54, 1.807) is 12.4 Å². The number of piperidine rings is 1. The van der Waals surface area contributed by atoms with Crippen LogP contribution < -0.4 is 5.32 Å². The van der Waals surface area contributed by atoms with Gasteiger partial charge in [-0.05, 0) is 37.5 Å². The second-order valence-electron chi connectivity index (χ2n) is 7.13. The number of aromatic nitrogens is 4. The van der Waals surface area contributed by atoms with Crippen molar-refractivity contribution in [3.63, 3.8) is 0 Å². The molecule has 0 spiro atoms. The predicted molar refractivity (Wildman–Crippen MR) is 106 cm³/mol. The molecule has 7 nitrogen and oxygen atoms in total. The number of amides is 2. The lowest BCUT2D eigenvalue weighted by Crippen LogP contribution is -2.45. The zero-order chi connectivity index (χ0) is 19.3. The van der Waals surface area contributed by atoms with E-state index in [-0.39, 0.29) is 18.1 Å². The third-order valence-corrected chi connectivity index (χ3v) is 5.23. The van der Waals surface area contributed by atoms with E-state index < -0.39 is 0 Å². The SMILES string of the molecule is C[C@@H](NC(=O)N1CCC(n2cc(-c3cccnc3)nn2)CC1)c1ccccc1. The molecular weight excluding hydrogens is 352 g/mol. The van der Waals surface area contributed by atoms with Crippen LogP contribution in [0.4, 0.5) is 4.79 Å². The maximum atomic E-state index is 12.6. The smallest absolute Gasteiger partial charge is 0.317 e. The maximum absolute atomic E-state index is 12.6. The third-order valence-electron chi connectivity index (χ3n) is 5.23. The first-order valence-corrected chi connectivity index (χ1v) is 9.63. The molecule has 1 aliphatic heterocycles. The van der Waals surface area contributed by atoms with Crippen LogP contribution in [-0.2, 0) is 0 Å². The van der Waals surface area contributed by atoms with E-state index in [1.165, 1.54) is 0 Å². The molecule has 1 fully saturated rings. The molecule has 28 heavy (non-hydrogen) atoms. The summed E-state index contributed by atoms with van der Waals surface area (Å²) >= 11 is 0. The summed E-state index contributed by atoms with van der Waals surface area (Å²) in [7, 11) is 0. The van der Waals surface area contributed by atoms with E-state index in [4.69, 9.17) is 0 Å². The molecular formula is C21H24N6O. The summed E-state index contributed by atoms with van der Waals surface area (Å²) in [5.41, 5.74) is 2.89. The number of carbonyl (C=O) groups is 1. The van der Waals surface area contributed by atoms with Crippen LogP contribution in [0.3, 0.4) is 0 Å². The molecule has 0 saturated carbocycles. The molecule has 0 radical (unpaired) electrons. The van der Waals surface area contributed by atoms with Crippen LogP contribution in [0.5, 0.6) is 0 Å². The lowest BCUT2D eigenvalue weighted by atomic mass is 10.1. The van der Waals surface area contributed by atoms with Crippen molar-refractivity contribution in [2.45, 2.75) is 31.8 Å². The van der Waals surface area contributed by atoms with Gasteiger partial charge in [0, 0.05) is 31.0 Å². The fraction of sp³-hybridized carbons (Fsp3) is 0.333. The first-order chi connectivity index (χ1) is 13.7. The quantitative estimate of drug-likeness (QED) is 0.757. The molecule has 1 aromatic carbocycles. The van der Waals surface area contributed by atoms with E-state index in [0.29, 0.717) is 13.1 Å². The lowest BCUT2D eigenvalue weighted by molar-refractivity contribution is 0.165. The molecule has 1 atom stereocenters. The molecule has 0 aliphatic carbocycles. The van der Waals surface area contributed by atoms with Crippen LogP contribution in [0.1, 0.15) is 37.4 Å². The van der Waals surface area contributed by atoms with Crippen molar-refractivity contribution in [3.8, 4) is 11.3 Å². The van der Waals surface area contributed by atoms with Crippen molar-refractivity contribution in [1.82, 2.24) is 30.2 Å². The molecule has 2 aromatic heterocycles. The molecule has 0 bridgehead atoms. The maximum Gasteiger partial charge on any atom is 0.317 e. The van der Waals surface area contributed by atoms with Gasteiger partial charge in [-0.3, -0.25) is 4.98 Å². The normalized spacial score (nSPS) is 16.0. The van der Waals surface area contributed by atoms with Gasteiger partial charge in [0.15, 0.2) is 0 Å². The first kappa shape index (κ1) is 18.2. The Morgan fingerprint density at radius 2 is 1.93 bits per heavy atom. The number of likely N-dealkylation sites (tertiary alicyclic amines) is 1. The monoisotopic (exact) mass is 376 g/mol. The number of nitrogens with zero attached hydrogens (tertiary/aromatic N) is 5. The summed E-state index contributed by atoms with van der Waals surface area (Å²) in [6.07, 6.45) is 7.23. The Balaban J connectivity index is 1.32. The van der Waals surface area contributed by atoms with Gasteiger partial charge >= 0.3 is 6.03 Å². The summed E-state index contributed by atoms with van der Waals surface area (Å²) < 4.78 is 1.92. The Bertz CT molecular complexity index is 903. The average molecular weight is 376 g/mol. The first-order valence-electron chi connectivity index (χ1n) is 9.63. The highest BCUT2D eigenvalue weighted by molar-refractivity contribution is 5.74. The minimum Gasteiger partial charge on any atom is -0.331 e. The van der Waals surface area contributed by atoms with Crippen molar-refractivity contribution in [3.05, 3.63) is 66.6 Å². The number of pyridine rings is 1. The van der Waals surface area contributed by atoms with Gasteiger partial charge in [-0.25, -0.2) is 9.48 Å². The van der Waals surface area contributed by atoms with Gasteiger partial charge in [0.2, 0.25) is 0 Å². The number of hydrogen-bond acceptors (Lipinski definition) is 4. The number of carbonyl (C=O) groups excluding carboxylic acids is 1. The van der Waals surface area contributed by atoms with Gasteiger partial charge in [0.05, 0.1) is 18.3 Å². The molecule has 144 valence electrons. The van der Waals surface area contributed by atoms with Gasteiger partial charge in [-0.2, -0.15) is 0 Å². The summed E-state index contributed by atoms with van der Waals surface area (Å²) in [6.45, 7) is 3.43. The van der Waals surface area contributed by atoms with E-state index >= 15 is 0 Å². The van der Waals surface area contributed by atoms with Crippen molar-refractivity contribution in [1.29, 1.82) is 0 Å². The van der Waals surface area contributed by atoms with Gasteiger partial charge in [0.1, 0.15) is 5.69 Å². The number of rotatable bonds is 4. The van der Waals surface area contributed by atoms with Gasteiger partial charge in [-0.15, -0.1) is 5.10 Å². The summed E-state index contributed by atoms with van der Waals surface area (Å²) in [5.74, 6) is 0. The lowest BCUT2D eigenvalue weighted by Gasteiger charge is -2.32. The Kier molecular flexibility index (Phi) is 5.32. The van der Waals surface area contributed by atoms with Gasteiger partial charge < -0.3 is 10.2 Å². The molecule has 3 aromatic rings.